The molecule has 1 unspecified atom stereocenters. The van der Waals surface area contributed by atoms with Crippen molar-refractivity contribution >= 4 is 27.7 Å². The van der Waals surface area contributed by atoms with Crippen LogP contribution in [-0.4, -0.2) is 11.5 Å². The van der Waals surface area contributed by atoms with Gasteiger partial charge in [-0.05, 0) is 65.6 Å². The number of nitrogens with zero attached hydrogens (tertiary/aromatic N) is 1. The molecule has 0 fully saturated rings. The minimum Gasteiger partial charge on any atom is -0.310 e. The molecular weight excluding hydrogens is 332 g/mol. The summed E-state index contributed by atoms with van der Waals surface area (Å²) in [6, 6.07) is 13.0. The van der Waals surface area contributed by atoms with Crippen LogP contribution in [0.1, 0.15) is 31.9 Å². The maximum absolute atomic E-state index is 4.38. The summed E-state index contributed by atoms with van der Waals surface area (Å²) in [6.45, 7) is 5.44. The molecule has 1 aromatic carbocycles. The van der Waals surface area contributed by atoms with Gasteiger partial charge in [0.1, 0.15) is 5.03 Å². The van der Waals surface area contributed by atoms with Crippen LogP contribution >= 0.6 is 27.7 Å². The van der Waals surface area contributed by atoms with Crippen LogP contribution in [0.2, 0.25) is 0 Å². The van der Waals surface area contributed by atoms with E-state index in [-0.39, 0.29) is 0 Å². The molecule has 20 heavy (non-hydrogen) atoms. The fraction of sp³-hybridized carbons (Fsp3) is 0.312. The first-order valence-corrected chi connectivity index (χ1v) is 8.43. The van der Waals surface area contributed by atoms with Crippen molar-refractivity contribution in [3.63, 3.8) is 0 Å². The molecule has 0 aliphatic heterocycles. The zero-order valence-corrected chi connectivity index (χ0v) is 14.2. The molecule has 0 saturated heterocycles. The molecular formula is C16H19BrN2S. The predicted molar refractivity (Wildman–Crippen MR) is 89.2 cm³/mol. The topological polar surface area (TPSA) is 24.9 Å². The van der Waals surface area contributed by atoms with Crippen molar-refractivity contribution in [3.8, 4) is 0 Å². The summed E-state index contributed by atoms with van der Waals surface area (Å²) in [6.07, 6.45) is 2.98. The smallest absolute Gasteiger partial charge is 0.115 e. The van der Waals surface area contributed by atoms with Crippen LogP contribution in [0.5, 0.6) is 0 Å². The molecule has 4 heteroatoms. The van der Waals surface area contributed by atoms with E-state index in [1.165, 1.54) is 10.5 Å². The van der Waals surface area contributed by atoms with Gasteiger partial charge in [0, 0.05) is 17.1 Å². The number of pyridine rings is 1. The Hall–Kier alpha value is -0.840. The normalized spacial score (nSPS) is 12.3. The Morgan fingerprint density at radius 3 is 2.65 bits per heavy atom. The van der Waals surface area contributed by atoms with Crippen molar-refractivity contribution in [1.29, 1.82) is 0 Å². The first-order valence-electron chi connectivity index (χ1n) is 6.82. The van der Waals surface area contributed by atoms with E-state index in [1.54, 1.807) is 11.8 Å². The molecule has 1 atom stereocenters. The molecule has 2 nitrogen and oxygen atoms in total. The highest BCUT2D eigenvalue weighted by Gasteiger charge is 2.06. The maximum Gasteiger partial charge on any atom is 0.115 e. The highest BCUT2D eigenvalue weighted by Crippen LogP contribution is 2.31. The SMILES string of the molecule is CCCNC(C)c1ccc(Sc2ncccc2Br)cc1. The number of hydrogen-bond acceptors (Lipinski definition) is 3. The van der Waals surface area contributed by atoms with E-state index in [0.717, 1.165) is 22.5 Å². The summed E-state index contributed by atoms with van der Waals surface area (Å²) in [5.74, 6) is 0. The van der Waals surface area contributed by atoms with Gasteiger partial charge in [-0.25, -0.2) is 4.98 Å². The lowest BCUT2D eigenvalue weighted by Crippen LogP contribution is -2.19. The Morgan fingerprint density at radius 2 is 2.00 bits per heavy atom. The van der Waals surface area contributed by atoms with Crippen molar-refractivity contribution in [2.45, 2.75) is 36.2 Å². The van der Waals surface area contributed by atoms with Gasteiger partial charge in [-0.2, -0.15) is 0 Å². The molecule has 1 heterocycles. The molecule has 0 spiro atoms. The molecule has 0 aliphatic carbocycles. The average molecular weight is 351 g/mol. The van der Waals surface area contributed by atoms with Gasteiger partial charge in [-0.1, -0.05) is 30.8 Å². The van der Waals surface area contributed by atoms with E-state index >= 15 is 0 Å². The zero-order valence-electron chi connectivity index (χ0n) is 11.8. The van der Waals surface area contributed by atoms with Crippen LogP contribution in [0.15, 0.2) is 57.0 Å². The molecule has 0 aliphatic rings. The minimum absolute atomic E-state index is 0.399. The third kappa shape index (κ3) is 4.33. The molecule has 0 amide bonds. The molecule has 2 aromatic rings. The molecule has 1 aromatic heterocycles. The minimum atomic E-state index is 0.399. The zero-order chi connectivity index (χ0) is 14.4. The second-order valence-electron chi connectivity index (χ2n) is 4.64. The molecule has 0 bridgehead atoms. The number of benzene rings is 1. The van der Waals surface area contributed by atoms with E-state index in [1.807, 2.05) is 18.3 Å². The fourth-order valence-electron chi connectivity index (χ4n) is 1.86. The number of halogens is 1. The van der Waals surface area contributed by atoms with E-state index in [2.05, 4.69) is 64.3 Å². The van der Waals surface area contributed by atoms with Gasteiger partial charge in [0.05, 0.1) is 4.47 Å². The first kappa shape index (κ1) is 15.5. The third-order valence-corrected chi connectivity index (χ3v) is 4.95. The van der Waals surface area contributed by atoms with Crippen LogP contribution in [0.4, 0.5) is 0 Å². The van der Waals surface area contributed by atoms with Gasteiger partial charge in [-0.3, -0.25) is 0 Å². The number of nitrogens with one attached hydrogen (secondary N) is 1. The Balaban J connectivity index is 2.03. The quantitative estimate of drug-likeness (QED) is 0.788. The van der Waals surface area contributed by atoms with Gasteiger partial charge in [0.15, 0.2) is 0 Å². The van der Waals surface area contributed by atoms with Crippen molar-refractivity contribution in [2.24, 2.45) is 0 Å². The summed E-state index contributed by atoms with van der Waals surface area (Å²) in [7, 11) is 0. The van der Waals surface area contributed by atoms with E-state index in [0.29, 0.717) is 6.04 Å². The second kappa shape index (κ2) is 7.81. The lowest BCUT2D eigenvalue weighted by Gasteiger charge is -2.14. The summed E-state index contributed by atoms with van der Waals surface area (Å²) < 4.78 is 1.03. The fourth-order valence-corrected chi connectivity index (χ4v) is 3.13. The maximum atomic E-state index is 4.38. The molecule has 106 valence electrons. The van der Waals surface area contributed by atoms with Crippen molar-refractivity contribution in [2.75, 3.05) is 6.54 Å². The van der Waals surface area contributed by atoms with Crippen LogP contribution < -0.4 is 5.32 Å². The Labute approximate surface area is 133 Å². The molecule has 2 rings (SSSR count). The average Bonchev–Trinajstić information content (AvgIpc) is 2.48. The van der Waals surface area contributed by atoms with Gasteiger partial charge in [0.25, 0.3) is 0 Å². The van der Waals surface area contributed by atoms with Crippen LogP contribution in [0.25, 0.3) is 0 Å². The van der Waals surface area contributed by atoms with Crippen LogP contribution in [0.3, 0.4) is 0 Å². The summed E-state index contributed by atoms with van der Waals surface area (Å²) in [4.78, 5) is 5.58. The van der Waals surface area contributed by atoms with E-state index in [9.17, 15) is 0 Å². The van der Waals surface area contributed by atoms with Gasteiger partial charge < -0.3 is 5.32 Å². The molecule has 0 saturated carbocycles. The molecule has 0 radical (unpaired) electrons. The number of rotatable bonds is 6. The lowest BCUT2D eigenvalue weighted by molar-refractivity contribution is 0.570. The van der Waals surface area contributed by atoms with Gasteiger partial charge in [0.2, 0.25) is 0 Å². The number of hydrogen-bond donors (Lipinski definition) is 1. The highest BCUT2D eigenvalue weighted by atomic mass is 79.9. The van der Waals surface area contributed by atoms with E-state index < -0.39 is 0 Å². The van der Waals surface area contributed by atoms with Crippen LogP contribution in [0, 0.1) is 0 Å². The summed E-state index contributed by atoms with van der Waals surface area (Å²) in [5, 5.41) is 4.50. The standard InChI is InChI=1S/C16H19BrN2S/c1-3-10-18-12(2)13-6-8-14(9-7-13)20-16-15(17)5-4-11-19-16/h4-9,11-12,18H,3,10H2,1-2H3. The van der Waals surface area contributed by atoms with Crippen LogP contribution in [-0.2, 0) is 0 Å². The van der Waals surface area contributed by atoms with Gasteiger partial charge in [-0.15, -0.1) is 0 Å². The first-order chi connectivity index (χ1) is 9.70. The second-order valence-corrected chi connectivity index (χ2v) is 6.55. The van der Waals surface area contributed by atoms with Crippen molar-refractivity contribution < 1.29 is 0 Å². The van der Waals surface area contributed by atoms with Crippen molar-refractivity contribution in [3.05, 3.63) is 52.6 Å². The monoisotopic (exact) mass is 350 g/mol. The third-order valence-electron chi connectivity index (χ3n) is 3.02. The Morgan fingerprint density at radius 1 is 1.25 bits per heavy atom. The van der Waals surface area contributed by atoms with Gasteiger partial charge >= 0.3 is 0 Å². The summed E-state index contributed by atoms with van der Waals surface area (Å²) in [5.41, 5.74) is 1.32. The largest absolute Gasteiger partial charge is 0.310 e. The van der Waals surface area contributed by atoms with E-state index in [4.69, 9.17) is 0 Å². The predicted octanol–water partition coefficient (Wildman–Crippen LogP) is 5.06. The molecule has 1 N–H and O–H groups in total. The number of aromatic nitrogens is 1. The Bertz CT molecular complexity index is 542. The lowest BCUT2D eigenvalue weighted by atomic mass is 10.1. The summed E-state index contributed by atoms with van der Waals surface area (Å²) >= 11 is 5.20. The highest BCUT2D eigenvalue weighted by molar-refractivity contribution is 9.10. The van der Waals surface area contributed by atoms with Crippen molar-refractivity contribution in [1.82, 2.24) is 10.3 Å². The Kier molecular flexibility index (Phi) is 6.07.